The van der Waals surface area contributed by atoms with Crippen molar-refractivity contribution >= 4 is 42.7 Å². The maximum atomic E-state index is 12.3. The predicted octanol–water partition coefficient (Wildman–Crippen LogP) is 3.81. The Morgan fingerprint density at radius 1 is 1.12 bits per heavy atom. The quantitative estimate of drug-likeness (QED) is 0.407. The molecule has 34 heavy (non-hydrogen) atoms. The number of rotatable bonds is 6. The van der Waals surface area contributed by atoms with Gasteiger partial charge in [0.1, 0.15) is 10.3 Å². The molecule has 0 aliphatic heterocycles. The summed E-state index contributed by atoms with van der Waals surface area (Å²) in [6, 6.07) is 9.76. The number of benzene rings is 1. The average Bonchev–Trinajstić information content (AvgIpc) is 3.39. The number of carbonyl (C=O) groups excluding carboxylic acids is 1. The third kappa shape index (κ3) is 5.57. The number of anilines is 1. The molecule has 0 aliphatic carbocycles. The molecule has 0 aliphatic rings. The van der Waals surface area contributed by atoms with Crippen LogP contribution in [0.4, 0.5) is 9.93 Å². The minimum absolute atomic E-state index is 0.227. The van der Waals surface area contributed by atoms with E-state index < -0.39 is 15.9 Å². The Kier molecular flexibility index (Phi) is 6.36. The number of nitrogens with zero attached hydrogens (tertiary/aromatic N) is 4. The van der Waals surface area contributed by atoms with E-state index >= 15 is 0 Å². The molecule has 0 atom stereocenters. The van der Waals surface area contributed by atoms with E-state index in [1.807, 2.05) is 20.8 Å². The van der Waals surface area contributed by atoms with Crippen LogP contribution in [0.3, 0.4) is 0 Å². The maximum absolute atomic E-state index is 12.3. The van der Waals surface area contributed by atoms with Crippen molar-refractivity contribution in [3.8, 4) is 11.3 Å². The number of sulfone groups is 1. The smallest absolute Gasteiger partial charge is 0.321 e. The number of urea groups is 1. The van der Waals surface area contributed by atoms with Gasteiger partial charge >= 0.3 is 6.03 Å². The Morgan fingerprint density at radius 2 is 1.91 bits per heavy atom. The molecule has 1 aromatic carbocycles. The number of fused-ring (bicyclic) bond motifs is 1. The zero-order valence-electron chi connectivity index (χ0n) is 19.1. The highest BCUT2D eigenvalue weighted by molar-refractivity contribution is 7.90. The van der Waals surface area contributed by atoms with Gasteiger partial charge in [-0.05, 0) is 24.3 Å². The molecule has 0 bridgehead atoms. The number of hydrogen-bond donors (Lipinski definition) is 2. The van der Waals surface area contributed by atoms with Gasteiger partial charge in [-0.2, -0.15) is 4.98 Å². The second kappa shape index (κ2) is 9.11. The highest BCUT2D eigenvalue weighted by Gasteiger charge is 2.21. The lowest BCUT2D eigenvalue weighted by atomic mass is 9.97. The summed E-state index contributed by atoms with van der Waals surface area (Å²) in [6.45, 7) is 6.29. The van der Waals surface area contributed by atoms with Crippen molar-refractivity contribution in [1.29, 1.82) is 0 Å². The normalized spacial score (nSPS) is 12.1. The van der Waals surface area contributed by atoms with Crippen molar-refractivity contribution in [2.75, 3.05) is 18.1 Å². The SMILES string of the molecule is CC(C)(C)c1nc(CCNC(=O)Nc2nc3ccc(-c4cccc(S(C)(=O)=O)c4)nc3s2)no1. The van der Waals surface area contributed by atoms with Crippen LogP contribution in [-0.4, -0.2) is 47.4 Å². The Morgan fingerprint density at radius 3 is 2.62 bits per heavy atom. The van der Waals surface area contributed by atoms with E-state index in [0.717, 1.165) is 0 Å². The van der Waals surface area contributed by atoms with Crippen molar-refractivity contribution in [2.24, 2.45) is 0 Å². The summed E-state index contributed by atoms with van der Waals surface area (Å²) in [5.74, 6) is 1.08. The molecular weight excluding hydrogens is 476 g/mol. The van der Waals surface area contributed by atoms with Crippen LogP contribution < -0.4 is 10.6 Å². The van der Waals surface area contributed by atoms with Gasteiger partial charge in [-0.1, -0.05) is 49.4 Å². The first kappa shape index (κ1) is 23.8. The monoisotopic (exact) mass is 500 g/mol. The number of hydrogen-bond acceptors (Lipinski definition) is 9. The molecule has 0 saturated carbocycles. The summed E-state index contributed by atoms with van der Waals surface area (Å²) >= 11 is 1.23. The highest BCUT2D eigenvalue weighted by atomic mass is 32.2. The fraction of sp³-hybridized carbons (Fsp3) is 0.318. The van der Waals surface area contributed by atoms with Gasteiger partial charge in [-0.15, -0.1) is 0 Å². The first-order chi connectivity index (χ1) is 16.0. The van der Waals surface area contributed by atoms with Crippen LogP contribution in [-0.2, 0) is 21.7 Å². The van der Waals surface area contributed by atoms with Crippen molar-refractivity contribution in [2.45, 2.75) is 37.5 Å². The second-order valence-electron chi connectivity index (χ2n) is 8.74. The number of thiazole rings is 1. The summed E-state index contributed by atoms with van der Waals surface area (Å²) < 4.78 is 28.9. The summed E-state index contributed by atoms with van der Waals surface area (Å²) in [6.07, 6.45) is 1.60. The lowest BCUT2D eigenvalue weighted by Crippen LogP contribution is -2.30. The molecule has 2 amide bonds. The molecule has 2 N–H and O–H groups in total. The Labute approximate surface area is 200 Å². The molecule has 0 spiro atoms. The van der Waals surface area contributed by atoms with Crippen LogP contribution in [0.2, 0.25) is 0 Å². The molecule has 3 heterocycles. The van der Waals surface area contributed by atoms with Crippen LogP contribution in [0.15, 0.2) is 45.8 Å². The predicted molar refractivity (Wildman–Crippen MR) is 130 cm³/mol. The second-order valence-corrected chi connectivity index (χ2v) is 11.7. The van der Waals surface area contributed by atoms with Crippen LogP contribution in [0.1, 0.15) is 32.5 Å². The van der Waals surface area contributed by atoms with Gasteiger partial charge in [0.25, 0.3) is 0 Å². The lowest BCUT2D eigenvalue weighted by Gasteiger charge is -2.10. The number of pyridine rings is 1. The van der Waals surface area contributed by atoms with E-state index in [2.05, 4.69) is 30.7 Å². The standard InChI is InChI=1S/C22H24N6O4S2/c1-22(2,3)19-26-17(28-32-19)10-11-23-20(29)27-21-25-16-9-8-15(24-18(16)33-21)13-6-5-7-14(12-13)34(4,30)31/h5-9,12H,10-11H2,1-4H3,(H2,23,25,27,29). The van der Waals surface area contributed by atoms with E-state index in [9.17, 15) is 13.2 Å². The third-order valence-electron chi connectivity index (χ3n) is 4.78. The lowest BCUT2D eigenvalue weighted by molar-refractivity contribution is 0.252. The van der Waals surface area contributed by atoms with Crippen molar-refractivity contribution < 1.29 is 17.7 Å². The molecule has 4 rings (SSSR count). The van der Waals surface area contributed by atoms with Crippen molar-refractivity contribution in [1.82, 2.24) is 25.4 Å². The first-order valence-electron chi connectivity index (χ1n) is 10.4. The molecule has 4 aromatic rings. The van der Waals surface area contributed by atoms with Crippen LogP contribution in [0.5, 0.6) is 0 Å². The number of aromatic nitrogens is 4. The van der Waals surface area contributed by atoms with Crippen LogP contribution in [0.25, 0.3) is 21.6 Å². The molecule has 3 aromatic heterocycles. The number of nitrogens with one attached hydrogen (secondary N) is 2. The fourth-order valence-electron chi connectivity index (χ4n) is 3.01. The van der Waals surface area contributed by atoms with E-state index in [1.165, 1.54) is 17.6 Å². The Balaban J connectivity index is 1.39. The molecular formula is C22H24N6O4S2. The zero-order valence-corrected chi connectivity index (χ0v) is 20.7. The summed E-state index contributed by atoms with van der Waals surface area (Å²) in [5, 5.41) is 9.79. The van der Waals surface area contributed by atoms with E-state index in [4.69, 9.17) is 4.52 Å². The topological polar surface area (TPSA) is 140 Å². The minimum atomic E-state index is -3.32. The molecule has 0 fully saturated rings. The van der Waals surface area contributed by atoms with E-state index in [1.54, 1.807) is 36.4 Å². The molecule has 178 valence electrons. The van der Waals surface area contributed by atoms with Gasteiger partial charge in [-0.3, -0.25) is 5.32 Å². The zero-order chi connectivity index (χ0) is 24.5. The van der Waals surface area contributed by atoms with Gasteiger partial charge in [0, 0.05) is 30.2 Å². The molecule has 10 nitrogen and oxygen atoms in total. The van der Waals surface area contributed by atoms with Gasteiger partial charge < -0.3 is 9.84 Å². The van der Waals surface area contributed by atoms with Crippen molar-refractivity contribution in [3.63, 3.8) is 0 Å². The molecule has 0 saturated heterocycles. The summed E-state index contributed by atoms with van der Waals surface area (Å²) in [5.41, 5.74) is 1.70. The number of carbonyl (C=O) groups is 1. The Bertz CT molecular complexity index is 1450. The Hall–Kier alpha value is -3.38. The minimum Gasteiger partial charge on any atom is -0.339 e. The van der Waals surface area contributed by atoms with Gasteiger partial charge in [0.15, 0.2) is 20.8 Å². The number of amides is 2. The summed E-state index contributed by atoms with van der Waals surface area (Å²) in [7, 11) is -3.32. The molecule has 0 unspecified atom stereocenters. The summed E-state index contributed by atoms with van der Waals surface area (Å²) in [4.78, 5) is 26.4. The maximum Gasteiger partial charge on any atom is 0.321 e. The first-order valence-corrected chi connectivity index (χ1v) is 13.2. The van der Waals surface area contributed by atoms with E-state index in [0.29, 0.717) is 51.4 Å². The van der Waals surface area contributed by atoms with Gasteiger partial charge in [0.2, 0.25) is 5.89 Å². The molecule has 0 radical (unpaired) electrons. The van der Waals surface area contributed by atoms with Gasteiger partial charge in [0.05, 0.1) is 10.6 Å². The van der Waals surface area contributed by atoms with Crippen LogP contribution in [0, 0.1) is 0 Å². The molecule has 12 heteroatoms. The van der Waals surface area contributed by atoms with E-state index in [-0.39, 0.29) is 10.3 Å². The van der Waals surface area contributed by atoms with Crippen molar-refractivity contribution in [3.05, 3.63) is 48.1 Å². The average molecular weight is 501 g/mol. The van der Waals surface area contributed by atoms with Gasteiger partial charge in [-0.25, -0.2) is 23.2 Å². The fourth-order valence-corrected chi connectivity index (χ4v) is 4.51. The van der Waals surface area contributed by atoms with Crippen LogP contribution >= 0.6 is 11.3 Å². The highest BCUT2D eigenvalue weighted by Crippen LogP contribution is 2.28. The third-order valence-corrected chi connectivity index (χ3v) is 6.77. The largest absolute Gasteiger partial charge is 0.339 e.